The van der Waals surface area contributed by atoms with Crippen LogP contribution in [0.1, 0.15) is 13.8 Å². The van der Waals surface area contributed by atoms with Gasteiger partial charge in [0, 0.05) is 6.92 Å². The maximum atomic E-state index is 11.7. The standard InChI is InChI=1S/C8H12N4O5S2/c1-3-17-6(14)4-9-19(15,16)8-12-11-7(18-8)10-5(2)13/h9H,3-4H2,1-2H3,(H,10,11,13). The fourth-order valence-electron chi connectivity index (χ4n) is 0.947. The van der Waals surface area contributed by atoms with Gasteiger partial charge in [0.1, 0.15) is 6.54 Å². The molecular formula is C8H12N4O5S2. The zero-order valence-corrected chi connectivity index (χ0v) is 11.8. The fraction of sp³-hybridized carbons (Fsp3) is 0.500. The van der Waals surface area contributed by atoms with Crippen LogP contribution in [0, 0.1) is 0 Å². The molecule has 0 fully saturated rings. The third-order valence-corrected chi connectivity index (χ3v) is 4.24. The molecule has 1 aromatic heterocycles. The van der Waals surface area contributed by atoms with E-state index in [1.54, 1.807) is 6.92 Å². The highest BCUT2D eigenvalue weighted by atomic mass is 32.2. The predicted molar refractivity (Wildman–Crippen MR) is 66.0 cm³/mol. The summed E-state index contributed by atoms with van der Waals surface area (Å²) < 4.78 is 29.7. The molecule has 0 atom stereocenters. The molecule has 0 spiro atoms. The van der Waals surface area contributed by atoms with Gasteiger partial charge in [-0.05, 0) is 6.92 Å². The quantitative estimate of drug-likeness (QED) is 0.527. The third-order valence-electron chi connectivity index (χ3n) is 1.63. The van der Waals surface area contributed by atoms with Crippen LogP contribution in [0.4, 0.5) is 5.13 Å². The van der Waals surface area contributed by atoms with Gasteiger partial charge in [0.25, 0.3) is 10.0 Å². The number of anilines is 1. The number of sulfonamides is 1. The molecule has 9 nitrogen and oxygen atoms in total. The Labute approximate surface area is 113 Å². The molecule has 1 heterocycles. The molecule has 0 saturated heterocycles. The topological polar surface area (TPSA) is 127 Å². The molecule has 106 valence electrons. The van der Waals surface area contributed by atoms with Gasteiger partial charge in [-0.1, -0.05) is 11.3 Å². The molecule has 0 aromatic carbocycles. The maximum absolute atomic E-state index is 11.7. The van der Waals surface area contributed by atoms with Crippen molar-refractivity contribution in [1.82, 2.24) is 14.9 Å². The van der Waals surface area contributed by atoms with Crippen molar-refractivity contribution >= 4 is 38.4 Å². The summed E-state index contributed by atoms with van der Waals surface area (Å²) in [4.78, 5) is 21.8. The molecule has 0 radical (unpaired) electrons. The van der Waals surface area contributed by atoms with Crippen molar-refractivity contribution < 1.29 is 22.7 Å². The minimum atomic E-state index is -3.95. The summed E-state index contributed by atoms with van der Waals surface area (Å²) in [5.41, 5.74) is 0. The highest BCUT2D eigenvalue weighted by Gasteiger charge is 2.21. The molecule has 1 amide bonds. The summed E-state index contributed by atoms with van der Waals surface area (Å²) in [5.74, 6) is -1.09. The number of carbonyl (C=O) groups excluding carboxylic acids is 2. The van der Waals surface area contributed by atoms with Crippen molar-refractivity contribution in [3.8, 4) is 0 Å². The van der Waals surface area contributed by atoms with E-state index in [0.717, 1.165) is 0 Å². The van der Waals surface area contributed by atoms with E-state index in [1.165, 1.54) is 6.92 Å². The van der Waals surface area contributed by atoms with E-state index in [-0.39, 0.29) is 22.0 Å². The minimum Gasteiger partial charge on any atom is -0.465 e. The second kappa shape index (κ2) is 6.54. The van der Waals surface area contributed by atoms with Crippen LogP contribution in [0.25, 0.3) is 0 Å². The normalized spacial score (nSPS) is 11.1. The van der Waals surface area contributed by atoms with Crippen molar-refractivity contribution in [2.75, 3.05) is 18.5 Å². The van der Waals surface area contributed by atoms with Crippen molar-refractivity contribution in [2.24, 2.45) is 0 Å². The van der Waals surface area contributed by atoms with Crippen LogP contribution < -0.4 is 10.0 Å². The smallest absolute Gasteiger partial charge is 0.321 e. The lowest BCUT2D eigenvalue weighted by Gasteiger charge is -2.02. The minimum absolute atomic E-state index is 0.0593. The van der Waals surface area contributed by atoms with Crippen LogP contribution in [0.15, 0.2) is 4.34 Å². The van der Waals surface area contributed by atoms with Gasteiger partial charge in [-0.3, -0.25) is 9.59 Å². The molecule has 0 aliphatic carbocycles. The first-order valence-corrected chi connectivity index (χ1v) is 7.41. The SMILES string of the molecule is CCOC(=O)CNS(=O)(=O)c1nnc(NC(C)=O)s1. The summed E-state index contributed by atoms with van der Waals surface area (Å²) in [7, 11) is -3.95. The fourth-order valence-corrected chi connectivity index (χ4v) is 2.90. The number of nitrogens with one attached hydrogen (secondary N) is 2. The Bertz CT molecular complexity index is 567. The largest absolute Gasteiger partial charge is 0.465 e. The van der Waals surface area contributed by atoms with E-state index >= 15 is 0 Å². The summed E-state index contributed by atoms with van der Waals surface area (Å²) in [6.07, 6.45) is 0. The van der Waals surface area contributed by atoms with Gasteiger partial charge in [-0.15, -0.1) is 10.2 Å². The molecule has 1 aromatic rings. The van der Waals surface area contributed by atoms with Crippen LogP contribution in [0.5, 0.6) is 0 Å². The van der Waals surface area contributed by atoms with E-state index in [2.05, 4.69) is 20.3 Å². The van der Waals surface area contributed by atoms with Gasteiger partial charge in [0.2, 0.25) is 15.4 Å². The first kappa shape index (κ1) is 15.5. The number of ether oxygens (including phenoxy) is 1. The second-order valence-electron chi connectivity index (χ2n) is 3.18. The Morgan fingerprint density at radius 1 is 1.37 bits per heavy atom. The predicted octanol–water partition coefficient (Wildman–Crippen LogP) is -0.662. The first-order valence-electron chi connectivity index (χ1n) is 5.11. The number of carbonyl (C=O) groups is 2. The lowest BCUT2D eigenvalue weighted by atomic mass is 10.7. The number of aromatic nitrogens is 2. The molecule has 0 aliphatic heterocycles. The van der Waals surface area contributed by atoms with E-state index in [1.807, 2.05) is 4.72 Å². The lowest BCUT2D eigenvalue weighted by molar-refractivity contribution is -0.141. The number of amides is 1. The number of nitrogens with zero attached hydrogens (tertiary/aromatic N) is 2. The molecular weight excluding hydrogens is 296 g/mol. The van der Waals surface area contributed by atoms with Crippen molar-refractivity contribution in [1.29, 1.82) is 0 Å². The summed E-state index contributed by atoms with van der Waals surface area (Å²) in [6.45, 7) is 2.53. The van der Waals surface area contributed by atoms with Crippen LogP contribution >= 0.6 is 11.3 Å². The monoisotopic (exact) mass is 308 g/mol. The van der Waals surface area contributed by atoms with E-state index in [4.69, 9.17) is 0 Å². The highest BCUT2D eigenvalue weighted by molar-refractivity contribution is 7.91. The van der Waals surface area contributed by atoms with Gasteiger partial charge in [0.15, 0.2) is 0 Å². The van der Waals surface area contributed by atoms with Gasteiger partial charge < -0.3 is 10.1 Å². The van der Waals surface area contributed by atoms with Gasteiger partial charge in [-0.25, -0.2) is 8.42 Å². The molecule has 0 unspecified atom stereocenters. The van der Waals surface area contributed by atoms with Crippen LogP contribution in [-0.4, -0.2) is 43.6 Å². The second-order valence-corrected chi connectivity index (χ2v) is 6.10. The zero-order chi connectivity index (χ0) is 14.5. The summed E-state index contributed by atoms with van der Waals surface area (Å²) in [6, 6.07) is 0. The molecule has 0 aliphatic rings. The summed E-state index contributed by atoms with van der Waals surface area (Å²) in [5, 5.41) is 9.27. The van der Waals surface area contributed by atoms with Gasteiger partial charge >= 0.3 is 5.97 Å². The number of rotatable bonds is 6. The number of hydrogen-bond acceptors (Lipinski definition) is 8. The number of esters is 1. The Hall–Kier alpha value is -1.59. The van der Waals surface area contributed by atoms with Crippen LogP contribution in [0.2, 0.25) is 0 Å². The first-order chi connectivity index (χ1) is 8.85. The third kappa shape index (κ3) is 4.89. The van der Waals surface area contributed by atoms with E-state index < -0.39 is 22.5 Å². The summed E-state index contributed by atoms with van der Waals surface area (Å²) >= 11 is 0.676. The maximum Gasteiger partial charge on any atom is 0.321 e. The van der Waals surface area contributed by atoms with Crippen molar-refractivity contribution in [2.45, 2.75) is 18.2 Å². The van der Waals surface area contributed by atoms with Gasteiger partial charge in [0.05, 0.1) is 6.61 Å². The lowest BCUT2D eigenvalue weighted by Crippen LogP contribution is -2.30. The molecule has 2 N–H and O–H groups in total. The van der Waals surface area contributed by atoms with Crippen molar-refractivity contribution in [3.63, 3.8) is 0 Å². The van der Waals surface area contributed by atoms with Crippen LogP contribution in [0.3, 0.4) is 0 Å². The Kier molecular flexibility index (Phi) is 5.32. The molecule has 0 saturated carbocycles. The molecule has 11 heteroatoms. The molecule has 1 rings (SSSR count). The Morgan fingerprint density at radius 3 is 2.63 bits per heavy atom. The molecule has 19 heavy (non-hydrogen) atoms. The van der Waals surface area contributed by atoms with Crippen LogP contribution in [-0.2, 0) is 24.3 Å². The van der Waals surface area contributed by atoms with Gasteiger partial charge in [-0.2, -0.15) is 4.72 Å². The van der Waals surface area contributed by atoms with E-state index in [9.17, 15) is 18.0 Å². The Balaban J connectivity index is 2.69. The van der Waals surface area contributed by atoms with Crippen molar-refractivity contribution in [3.05, 3.63) is 0 Å². The average Bonchev–Trinajstić information content (AvgIpc) is 2.75. The molecule has 0 bridgehead atoms. The highest BCUT2D eigenvalue weighted by Crippen LogP contribution is 2.19. The Morgan fingerprint density at radius 2 is 2.05 bits per heavy atom. The number of hydrogen-bond donors (Lipinski definition) is 2. The van der Waals surface area contributed by atoms with E-state index in [0.29, 0.717) is 11.3 Å². The average molecular weight is 308 g/mol. The zero-order valence-electron chi connectivity index (χ0n) is 10.2.